The molecule has 0 bridgehead atoms. The molecular formula is C13H25NO. The van der Waals surface area contributed by atoms with E-state index in [1.165, 1.54) is 19.3 Å². The van der Waals surface area contributed by atoms with Crippen molar-refractivity contribution in [1.82, 2.24) is 4.90 Å². The van der Waals surface area contributed by atoms with Crippen LogP contribution in [0.25, 0.3) is 0 Å². The Labute approximate surface area is 94.0 Å². The van der Waals surface area contributed by atoms with Gasteiger partial charge in [0.1, 0.15) is 5.78 Å². The maximum absolute atomic E-state index is 11.5. The number of nitrogens with zero attached hydrogens (tertiary/aromatic N) is 1. The van der Waals surface area contributed by atoms with Crippen LogP contribution in [0.2, 0.25) is 0 Å². The molecule has 15 heavy (non-hydrogen) atoms. The Morgan fingerprint density at radius 3 is 2.40 bits per heavy atom. The predicted molar refractivity (Wildman–Crippen MR) is 64.0 cm³/mol. The number of likely N-dealkylation sites (tertiary alicyclic amines) is 1. The van der Waals surface area contributed by atoms with Gasteiger partial charge >= 0.3 is 0 Å². The summed E-state index contributed by atoms with van der Waals surface area (Å²) in [6, 6.07) is 0. The second-order valence-corrected chi connectivity index (χ2v) is 4.96. The summed E-state index contributed by atoms with van der Waals surface area (Å²) < 4.78 is 0. The number of carbonyl (C=O) groups excluding carboxylic acids is 1. The number of carbonyl (C=O) groups is 1. The van der Waals surface area contributed by atoms with Crippen molar-refractivity contribution in [2.45, 2.75) is 52.9 Å². The summed E-state index contributed by atoms with van der Waals surface area (Å²) in [6.45, 7) is 9.58. The van der Waals surface area contributed by atoms with Gasteiger partial charge in [-0.3, -0.25) is 9.69 Å². The molecule has 1 fully saturated rings. The predicted octanol–water partition coefficient (Wildman–Crippen LogP) is 2.87. The average molecular weight is 211 g/mol. The molecule has 0 aliphatic carbocycles. The van der Waals surface area contributed by atoms with E-state index >= 15 is 0 Å². The van der Waals surface area contributed by atoms with Crippen molar-refractivity contribution >= 4 is 5.78 Å². The van der Waals surface area contributed by atoms with Gasteiger partial charge in [-0.25, -0.2) is 0 Å². The molecule has 0 aromatic rings. The Bertz CT molecular complexity index is 209. The van der Waals surface area contributed by atoms with Crippen molar-refractivity contribution in [2.24, 2.45) is 5.41 Å². The lowest BCUT2D eigenvalue weighted by Gasteiger charge is -2.26. The zero-order valence-electron chi connectivity index (χ0n) is 10.5. The fraction of sp³-hybridized carbons (Fsp3) is 0.923. The third-order valence-electron chi connectivity index (χ3n) is 3.95. The Morgan fingerprint density at radius 1 is 1.27 bits per heavy atom. The molecule has 1 saturated heterocycles. The molecule has 1 aliphatic heterocycles. The van der Waals surface area contributed by atoms with Crippen LogP contribution in [-0.2, 0) is 4.79 Å². The van der Waals surface area contributed by atoms with E-state index in [0.717, 1.165) is 25.9 Å². The van der Waals surface area contributed by atoms with Gasteiger partial charge in [0.05, 0.1) is 6.54 Å². The number of hydrogen-bond donors (Lipinski definition) is 0. The first-order valence-electron chi connectivity index (χ1n) is 6.40. The summed E-state index contributed by atoms with van der Waals surface area (Å²) in [5, 5.41) is 0. The van der Waals surface area contributed by atoms with Crippen LogP contribution in [0.1, 0.15) is 52.9 Å². The zero-order chi connectivity index (χ0) is 11.3. The van der Waals surface area contributed by atoms with Gasteiger partial charge in [0.15, 0.2) is 0 Å². The van der Waals surface area contributed by atoms with Crippen LogP contribution >= 0.6 is 0 Å². The average Bonchev–Trinajstić information content (AvgIpc) is 2.63. The van der Waals surface area contributed by atoms with E-state index in [2.05, 4.69) is 25.7 Å². The van der Waals surface area contributed by atoms with Crippen molar-refractivity contribution in [3.05, 3.63) is 0 Å². The third kappa shape index (κ3) is 3.30. The van der Waals surface area contributed by atoms with Gasteiger partial charge in [-0.05, 0) is 37.6 Å². The number of ketones is 1. The van der Waals surface area contributed by atoms with Crippen LogP contribution < -0.4 is 0 Å². The topological polar surface area (TPSA) is 20.3 Å². The summed E-state index contributed by atoms with van der Waals surface area (Å²) in [7, 11) is 0. The largest absolute Gasteiger partial charge is 0.298 e. The van der Waals surface area contributed by atoms with E-state index in [9.17, 15) is 4.79 Å². The number of hydrogen-bond acceptors (Lipinski definition) is 2. The number of Topliss-reactive ketones (excluding diaryl/α,β-unsaturated/α-hetero) is 1. The minimum Gasteiger partial charge on any atom is -0.298 e. The molecule has 1 aliphatic rings. The fourth-order valence-corrected chi connectivity index (χ4v) is 2.60. The lowest BCUT2D eigenvalue weighted by Crippen LogP contribution is -2.30. The van der Waals surface area contributed by atoms with Gasteiger partial charge in [0.25, 0.3) is 0 Å². The van der Waals surface area contributed by atoms with Gasteiger partial charge < -0.3 is 0 Å². The summed E-state index contributed by atoms with van der Waals surface area (Å²) in [6.07, 6.45) is 5.52. The highest BCUT2D eigenvalue weighted by molar-refractivity contribution is 5.80. The van der Waals surface area contributed by atoms with Crippen molar-refractivity contribution in [1.29, 1.82) is 0 Å². The van der Waals surface area contributed by atoms with Crippen molar-refractivity contribution < 1.29 is 4.79 Å². The van der Waals surface area contributed by atoms with Crippen LogP contribution in [0.5, 0.6) is 0 Å². The normalized spacial score (nSPS) is 20.7. The maximum atomic E-state index is 11.5. The number of rotatable bonds is 6. The molecule has 1 rings (SSSR count). The molecule has 0 saturated carbocycles. The Hall–Kier alpha value is -0.370. The molecule has 1 heterocycles. The van der Waals surface area contributed by atoms with E-state index < -0.39 is 0 Å². The fourth-order valence-electron chi connectivity index (χ4n) is 2.60. The van der Waals surface area contributed by atoms with Crippen LogP contribution in [0.15, 0.2) is 0 Å². The molecule has 2 heteroatoms. The van der Waals surface area contributed by atoms with E-state index in [1.807, 2.05) is 0 Å². The smallest absolute Gasteiger partial charge is 0.146 e. The van der Waals surface area contributed by atoms with Crippen LogP contribution in [0, 0.1) is 5.41 Å². The van der Waals surface area contributed by atoms with Gasteiger partial charge in [-0.1, -0.05) is 20.8 Å². The van der Waals surface area contributed by atoms with Crippen LogP contribution in [0.4, 0.5) is 0 Å². The summed E-state index contributed by atoms with van der Waals surface area (Å²) in [5.41, 5.74) is 0.506. The van der Waals surface area contributed by atoms with Crippen LogP contribution in [-0.4, -0.2) is 30.3 Å². The van der Waals surface area contributed by atoms with Crippen LogP contribution in [0.3, 0.4) is 0 Å². The summed E-state index contributed by atoms with van der Waals surface area (Å²) in [5.74, 6) is 0.417. The first kappa shape index (κ1) is 12.7. The first-order chi connectivity index (χ1) is 7.15. The standard InChI is InChI=1S/C13H25NO/c1-4-7-12(15)10-14-9-8-13(5-2,6-3)11-14/h4-11H2,1-3H3. The molecule has 0 unspecified atom stereocenters. The molecule has 0 amide bonds. The molecule has 0 atom stereocenters. The molecule has 0 aromatic heterocycles. The molecule has 0 aromatic carbocycles. The summed E-state index contributed by atoms with van der Waals surface area (Å²) >= 11 is 0. The molecule has 2 nitrogen and oxygen atoms in total. The second-order valence-electron chi connectivity index (χ2n) is 4.96. The Morgan fingerprint density at radius 2 is 1.93 bits per heavy atom. The second kappa shape index (κ2) is 5.64. The highest BCUT2D eigenvalue weighted by Gasteiger charge is 2.35. The molecule has 0 radical (unpaired) electrons. The van der Waals surface area contributed by atoms with E-state index in [0.29, 0.717) is 17.7 Å². The molecular weight excluding hydrogens is 186 g/mol. The zero-order valence-corrected chi connectivity index (χ0v) is 10.5. The van der Waals surface area contributed by atoms with Gasteiger partial charge in [0.2, 0.25) is 0 Å². The highest BCUT2D eigenvalue weighted by atomic mass is 16.1. The summed E-state index contributed by atoms with van der Waals surface area (Å²) in [4.78, 5) is 13.9. The SMILES string of the molecule is CCCC(=O)CN1CCC(CC)(CC)C1. The van der Waals surface area contributed by atoms with E-state index in [-0.39, 0.29) is 0 Å². The minimum absolute atomic E-state index is 0.417. The molecule has 88 valence electrons. The monoisotopic (exact) mass is 211 g/mol. The Kier molecular flexibility index (Phi) is 4.78. The van der Waals surface area contributed by atoms with Crippen molar-refractivity contribution in [2.75, 3.05) is 19.6 Å². The molecule has 0 spiro atoms. The van der Waals surface area contributed by atoms with Crippen molar-refractivity contribution in [3.8, 4) is 0 Å². The minimum atomic E-state index is 0.417. The quantitative estimate of drug-likeness (QED) is 0.673. The van der Waals surface area contributed by atoms with Gasteiger partial charge in [-0.2, -0.15) is 0 Å². The molecule has 0 N–H and O–H groups in total. The maximum Gasteiger partial charge on any atom is 0.146 e. The van der Waals surface area contributed by atoms with Crippen molar-refractivity contribution in [3.63, 3.8) is 0 Å². The highest BCUT2D eigenvalue weighted by Crippen LogP contribution is 2.36. The van der Waals surface area contributed by atoms with Gasteiger partial charge in [0, 0.05) is 13.0 Å². The first-order valence-corrected chi connectivity index (χ1v) is 6.40. The lowest BCUT2D eigenvalue weighted by atomic mass is 9.82. The Balaban J connectivity index is 2.39. The lowest BCUT2D eigenvalue weighted by molar-refractivity contribution is -0.120. The van der Waals surface area contributed by atoms with E-state index in [4.69, 9.17) is 0 Å². The third-order valence-corrected chi connectivity index (χ3v) is 3.95. The van der Waals surface area contributed by atoms with E-state index in [1.54, 1.807) is 0 Å². The van der Waals surface area contributed by atoms with Gasteiger partial charge in [-0.15, -0.1) is 0 Å².